The highest BCUT2D eigenvalue weighted by molar-refractivity contribution is 5.90. The van der Waals surface area contributed by atoms with Gasteiger partial charge in [0.2, 0.25) is 0 Å². The van der Waals surface area contributed by atoms with Gasteiger partial charge in [-0.3, -0.25) is 0 Å². The van der Waals surface area contributed by atoms with Gasteiger partial charge in [-0.2, -0.15) is 0 Å². The zero-order chi connectivity index (χ0) is 14.8. The van der Waals surface area contributed by atoms with Crippen LogP contribution in [0.5, 0.6) is 0 Å². The maximum Gasteiger partial charge on any atom is 0.322 e. The van der Waals surface area contributed by atoms with Crippen molar-refractivity contribution in [2.45, 2.75) is 12.5 Å². The zero-order valence-electron chi connectivity index (χ0n) is 11.3. The average Bonchev–Trinajstić information content (AvgIpc) is 3.12. The molecule has 1 atom stereocenters. The van der Waals surface area contributed by atoms with Crippen LogP contribution in [-0.4, -0.2) is 35.2 Å². The van der Waals surface area contributed by atoms with Gasteiger partial charge in [0.15, 0.2) is 0 Å². The van der Waals surface area contributed by atoms with Crippen molar-refractivity contribution < 1.29 is 18.7 Å². The molecule has 3 rings (SSSR count). The number of aliphatic hydroxyl groups excluding tert-OH is 1. The Morgan fingerprint density at radius 1 is 1.43 bits per heavy atom. The van der Waals surface area contributed by atoms with Crippen molar-refractivity contribution in [1.82, 2.24) is 4.90 Å². The normalized spacial score (nSPS) is 18.0. The van der Waals surface area contributed by atoms with E-state index in [0.717, 1.165) is 0 Å². The second kappa shape index (κ2) is 5.57. The van der Waals surface area contributed by atoms with E-state index in [1.54, 1.807) is 18.2 Å². The van der Waals surface area contributed by atoms with Crippen LogP contribution in [0, 0.1) is 5.82 Å². The zero-order valence-corrected chi connectivity index (χ0v) is 11.3. The number of nitrogens with zero attached hydrogens (tertiary/aromatic N) is 1. The fraction of sp³-hybridized carbons (Fsp3) is 0.267. The number of carbonyl (C=O) groups excluding carboxylic acids is 1. The number of urea groups is 1. The first-order valence-corrected chi connectivity index (χ1v) is 6.71. The number of hydrogen-bond acceptors (Lipinski definition) is 3. The SMILES string of the molecule is O=C(Nc1cc(-c2ccco2)ccc1F)N1CC[C@@H](O)C1. The second-order valence-corrected chi connectivity index (χ2v) is 4.99. The number of β-amino-alcohol motifs (C(OH)–C–C–N with tert-alkyl or cyclic N) is 1. The van der Waals surface area contributed by atoms with E-state index in [4.69, 9.17) is 4.42 Å². The van der Waals surface area contributed by atoms with E-state index < -0.39 is 18.0 Å². The molecule has 110 valence electrons. The lowest BCUT2D eigenvalue weighted by molar-refractivity contribution is 0.176. The number of anilines is 1. The topological polar surface area (TPSA) is 65.7 Å². The quantitative estimate of drug-likeness (QED) is 0.893. The van der Waals surface area contributed by atoms with Crippen LogP contribution in [-0.2, 0) is 0 Å². The maximum atomic E-state index is 13.8. The molecule has 1 saturated heterocycles. The molecule has 0 aliphatic carbocycles. The molecule has 21 heavy (non-hydrogen) atoms. The smallest absolute Gasteiger partial charge is 0.322 e. The van der Waals surface area contributed by atoms with Crippen LogP contribution in [0.4, 0.5) is 14.9 Å². The van der Waals surface area contributed by atoms with Crippen molar-refractivity contribution in [1.29, 1.82) is 0 Å². The monoisotopic (exact) mass is 290 g/mol. The van der Waals surface area contributed by atoms with Gasteiger partial charge in [-0.15, -0.1) is 0 Å². The predicted octanol–water partition coefficient (Wildman–Crippen LogP) is 2.68. The van der Waals surface area contributed by atoms with Gasteiger partial charge >= 0.3 is 6.03 Å². The molecule has 0 unspecified atom stereocenters. The van der Waals surface area contributed by atoms with Crippen LogP contribution in [0.2, 0.25) is 0 Å². The Hall–Kier alpha value is -2.34. The largest absolute Gasteiger partial charge is 0.464 e. The van der Waals surface area contributed by atoms with Crippen LogP contribution in [0.1, 0.15) is 6.42 Å². The van der Waals surface area contributed by atoms with Gasteiger partial charge in [-0.25, -0.2) is 9.18 Å². The van der Waals surface area contributed by atoms with Gasteiger partial charge in [0.1, 0.15) is 11.6 Å². The molecule has 2 amide bonds. The molecule has 0 spiro atoms. The average molecular weight is 290 g/mol. The maximum absolute atomic E-state index is 13.8. The van der Waals surface area contributed by atoms with Crippen LogP contribution in [0.3, 0.4) is 0 Å². The highest BCUT2D eigenvalue weighted by Gasteiger charge is 2.25. The molecule has 0 bridgehead atoms. The summed E-state index contributed by atoms with van der Waals surface area (Å²) in [4.78, 5) is 13.5. The highest BCUT2D eigenvalue weighted by Crippen LogP contribution is 2.25. The number of hydrogen-bond donors (Lipinski definition) is 2. The number of amides is 2. The summed E-state index contributed by atoms with van der Waals surface area (Å²) in [5, 5.41) is 12.0. The first-order chi connectivity index (χ1) is 10.1. The van der Waals surface area contributed by atoms with E-state index in [2.05, 4.69) is 5.32 Å². The molecule has 1 aromatic heterocycles. The number of furan rings is 1. The molecular weight excluding hydrogens is 275 g/mol. The third-order valence-electron chi connectivity index (χ3n) is 3.46. The summed E-state index contributed by atoms with van der Waals surface area (Å²) in [5.74, 6) is 0.0838. The lowest BCUT2D eigenvalue weighted by atomic mass is 10.1. The van der Waals surface area contributed by atoms with Gasteiger partial charge < -0.3 is 19.7 Å². The Balaban J connectivity index is 1.78. The Morgan fingerprint density at radius 2 is 2.29 bits per heavy atom. The summed E-state index contributed by atoms with van der Waals surface area (Å²) in [6, 6.07) is 7.48. The standard InChI is InChI=1S/C15H15FN2O3/c16-12-4-3-10(14-2-1-7-21-14)8-13(12)17-15(20)18-6-5-11(19)9-18/h1-4,7-8,11,19H,5-6,9H2,(H,17,20)/t11-/m1/s1. The third-order valence-corrected chi connectivity index (χ3v) is 3.46. The fourth-order valence-electron chi connectivity index (χ4n) is 2.34. The van der Waals surface area contributed by atoms with Crippen molar-refractivity contribution in [2.24, 2.45) is 0 Å². The summed E-state index contributed by atoms with van der Waals surface area (Å²) in [6.45, 7) is 0.734. The van der Waals surface area contributed by atoms with Crippen LogP contribution < -0.4 is 5.32 Å². The Bertz CT molecular complexity index is 642. The van der Waals surface area contributed by atoms with Crippen molar-refractivity contribution in [3.8, 4) is 11.3 Å². The van der Waals surface area contributed by atoms with Crippen LogP contribution in [0.25, 0.3) is 11.3 Å². The summed E-state index contributed by atoms with van der Waals surface area (Å²) in [6.07, 6.45) is 1.57. The van der Waals surface area contributed by atoms with E-state index in [9.17, 15) is 14.3 Å². The van der Waals surface area contributed by atoms with Gasteiger partial charge in [0, 0.05) is 18.7 Å². The first-order valence-electron chi connectivity index (χ1n) is 6.71. The molecule has 0 saturated carbocycles. The van der Waals surface area contributed by atoms with Gasteiger partial charge in [0.25, 0.3) is 0 Å². The van der Waals surface area contributed by atoms with E-state index in [0.29, 0.717) is 24.3 Å². The predicted molar refractivity (Wildman–Crippen MR) is 75.3 cm³/mol. The molecule has 1 aromatic carbocycles. The number of halogens is 1. The Kier molecular flexibility index (Phi) is 3.62. The van der Waals surface area contributed by atoms with Crippen molar-refractivity contribution in [3.63, 3.8) is 0 Å². The summed E-state index contributed by atoms with van der Waals surface area (Å²) >= 11 is 0. The molecule has 2 aromatic rings. The molecule has 2 heterocycles. The van der Waals surface area contributed by atoms with Crippen molar-refractivity contribution in [3.05, 3.63) is 42.4 Å². The summed E-state index contributed by atoms with van der Waals surface area (Å²) in [7, 11) is 0. The number of benzene rings is 1. The van der Waals surface area contributed by atoms with Crippen molar-refractivity contribution >= 4 is 11.7 Å². The number of nitrogens with one attached hydrogen (secondary N) is 1. The first kappa shape index (κ1) is 13.6. The third kappa shape index (κ3) is 2.90. The van der Waals surface area contributed by atoms with Gasteiger partial charge in [-0.05, 0) is 36.8 Å². The van der Waals surface area contributed by atoms with E-state index >= 15 is 0 Å². The van der Waals surface area contributed by atoms with E-state index in [1.165, 1.54) is 23.3 Å². The lowest BCUT2D eigenvalue weighted by Crippen LogP contribution is -2.33. The number of likely N-dealkylation sites (tertiary alicyclic amines) is 1. The Labute approximate surface area is 121 Å². The Morgan fingerprint density at radius 3 is 2.95 bits per heavy atom. The summed E-state index contributed by atoms with van der Waals surface area (Å²) in [5.41, 5.74) is 0.772. The lowest BCUT2D eigenvalue weighted by Gasteiger charge is -2.17. The number of rotatable bonds is 2. The summed E-state index contributed by atoms with van der Waals surface area (Å²) < 4.78 is 19.1. The molecular formula is C15H15FN2O3. The van der Waals surface area contributed by atoms with Crippen molar-refractivity contribution in [2.75, 3.05) is 18.4 Å². The van der Waals surface area contributed by atoms with Crippen LogP contribution >= 0.6 is 0 Å². The molecule has 2 N–H and O–H groups in total. The number of carbonyl (C=O) groups is 1. The molecule has 1 aliphatic heterocycles. The molecule has 6 heteroatoms. The molecule has 5 nitrogen and oxygen atoms in total. The highest BCUT2D eigenvalue weighted by atomic mass is 19.1. The number of aliphatic hydroxyl groups is 1. The minimum atomic E-state index is -0.515. The second-order valence-electron chi connectivity index (χ2n) is 4.99. The van der Waals surface area contributed by atoms with Gasteiger partial charge in [0.05, 0.1) is 18.1 Å². The molecule has 0 radical (unpaired) electrons. The minimum Gasteiger partial charge on any atom is -0.464 e. The van der Waals surface area contributed by atoms with E-state index in [-0.39, 0.29) is 12.2 Å². The van der Waals surface area contributed by atoms with Gasteiger partial charge in [-0.1, -0.05) is 0 Å². The van der Waals surface area contributed by atoms with Crippen LogP contribution in [0.15, 0.2) is 41.0 Å². The van der Waals surface area contributed by atoms with E-state index in [1.807, 2.05) is 0 Å². The fourth-order valence-corrected chi connectivity index (χ4v) is 2.34. The molecule has 1 aliphatic rings. The minimum absolute atomic E-state index is 0.0929. The molecule has 1 fully saturated rings.